The van der Waals surface area contributed by atoms with Crippen LogP contribution in [0.1, 0.15) is 44.1 Å². The molecule has 0 aliphatic carbocycles. The van der Waals surface area contributed by atoms with Crippen LogP contribution < -0.4 is 4.90 Å². The second-order valence-corrected chi connectivity index (χ2v) is 8.91. The lowest BCUT2D eigenvalue weighted by Gasteiger charge is -2.47. The summed E-state index contributed by atoms with van der Waals surface area (Å²) in [5.41, 5.74) is -0.379. The topological polar surface area (TPSA) is 22.6 Å². The average molecular weight is 397 g/mol. The molecular formula is C21H31F3N4. The van der Waals surface area contributed by atoms with Crippen molar-refractivity contribution >= 4 is 5.82 Å². The number of hydrogen-bond donors (Lipinski definition) is 0. The first-order valence-electron chi connectivity index (χ1n) is 10.6. The van der Waals surface area contributed by atoms with Crippen molar-refractivity contribution in [2.24, 2.45) is 5.92 Å². The minimum Gasteiger partial charge on any atom is -0.356 e. The molecule has 7 heteroatoms. The van der Waals surface area contributed by atoms with Crippen molar-refractivity contribution in [2.75, 3.05) is 51.2 Å². The minimum atomic E-state index is -4.32. The normalized spacial score (nSPS) is 24.9. The molecule has 0 aromatic carbocycles. The first kappa shape index (κ1) is 20.0. The van der Waals surface area contributed by atoms with E-state index >= 15 is 0 Å². The zero-order chi connectivity index (χ0) is 19.8. The molecule has 3 aliphatic heterocycles. The summed E-state index contributed by atoms with van der Waals surface area (Å²) in [4.78, 5) is 11.4. The standard InChI is InChI=1S/C21H31F3N4/c1-26-11-5-17(6-12-26)16-28-10-2-7-20(28)8-13-27(14-9-20)19-4-3-18(15-25-19)21(22,23)24/h3-4,15,17H,2,5-14,16H2,1H3. The highest BCUT2D eigenvalue weighted by atomic mass is 19.4. The Morgan fingerprint density at radius 3 is 2.36 bits per heavy atom. The van der Waals surface area contributed by atoms with Crippen LogP contribution in [0.25, 0.3) is 0 Å². The number of likely N-dealkylation sites (tertiary alicyclic amines) is 2. The number of halogens is 3. The van der Waals surface area contributed by atoms with Gasteiger partial charge in [-0.3, -0.25) is 4.90 Å². The number of hydrogen-bond acceptors (Lipinski definition) is 4. The number of aromatic nitrogens is 1. The van der Waals surface area contributed by atoms with Gasteiger partial charge in [0.15, 0.2) is 0 Å². The second-order valence-electron chi connectivity index (χ2n) is 8.91. The Hall–Kier alpha value is -1.34. The van der Waals surface area contributed by atoms with Gasteiger partial charge in [-0.25, -0.2) is 4.98 Å². The zero-order valence-corrected chi connectivity index (χ0v) is 16.7. The van der Waals surface area contributed by atoms with Crippen molar-refractivity contribution in [3.05, 3.63) is 23.9 Å². The fourth-order valence-electron chi connectivity index (χ4n) is 5.29. The summed E-state index contributed by atoms with van der Waals surface area (Å²) >= 11 is 0. The lowest BCUT2D eigenvalue weighted by molar-refractivity contribution is -0.137. The van der Waals surface area contributed by atoms with E-state index < -0.39 is 11.7 Å². The summed E-state index contributed by atoms with van der Waals surface area (Å²) in [7, 11) is 2.21. The summed E-state index contributed by atoms with van der Waals surface area (Å²) in [5, 5.41) is 0. The van der Waals surface area contributed by atoms with Gasteiger partial charge in [0.25, 0.3) is 0 Å². The van der Waals surface area contributed by atoms with E-state index in [9.17, 15) is 13.2 Å². The molecule has 0 radical (unpaired) electrons. The maximum absolute atomic E-state index is 12.8. The first-order valence-corrected chi connectivity index (χ1v) is 10.6. The van der Waals surface area contributed by atoms with Crippen molar-refractivity contribution in [2.45, 2.75) is 50.2 Å². The largest absolute Gasteiger partial charge is 0.417 e. The highest BCUT2D eigenvalue weighted by Gasteiger charge is 2.44. The Kier molecular flexibility index (Phi) is 5.58. The van der Waals surface area contributed by atoms with Crippen molar-refractivity contribution in [3.63, 3.8) is 0 Å². The summed E-state index contributed by atoms with van der Waals surface area (Å²) in [6.45, 7) is 6.58. The molecule has 0 unspecified atom stereocenters. The molecule has 0 atom stereocenters. The quantitative estimate of drug-likeness (QED) is 0.773. The van der Waals surface area contributed by atoms with E-state index in [1.807, 2.05) is 0 Å². The Balaban J connectivity index is 1.35. The van der Waals surface area contributed by atoms with Gasteiger partial charge in [-0.05, 0) is 83.3 Å². The molecule has 4 heterocycles. The number of piperidine rings is 2. The van der Waals surface area contributed by atoms with Crippen LogP contribution in [0.2, 0.25) is 0 Å². The smallest absolute Gasteiger partial charge is 0.356 e. The average Bonchev–Trinajstić information content (AvgIpc) is 3.05. The molecule has 3 aliphatic rings. The lowest BCUT2D eigenvalue weighted by Crippen LogP contribution is -2.54. The molecule has 156 valence electrons. The van der Waals surface area contributed by atoms with Crippen LogP contribution in [-0.4, -0.2) is 66.6 Å². The van der Waals surface area contributed by atoms with Crippen LogP contribution in [0.5, 0.6) is 0 Å². The maximum atomic E-state index is 12.8. The van der Waals surface area contributed by atoms with Gasteiger partial charge in [-0.2, -0.15) is 13.2 Å². The molecule has 1 aromatic rings. The van der Waals surface area contributed by atoms with E-state index in [4.69, 9.17) is 0 Å². The number of nitrogens with zero attached hydrogens (tertiary/aromatic N) is 4. The lowest BCUT2D eigenvalue weighted by atomic mass is 9.84. The van der Waals surface area contributed by atoms with Crippen LogP contribution in [0, 0.1) is 5.92 Å². The van der Waals surface area contributed by atoms with Gasteiger partial charge in [0.1, 0.15) is 5.82 Å². The minimum absolute atomic E-state index is 0.297. The summed E-state index contributed by atoms with van der Waals surface area (Å²) in [6, 6.07) is 2.67. The van der Waals surface area contributed by atoms with E-state index in [0.717, 1.165) is 44.1 Å². The predicted molar refractivity (Wildman–Crippen MR) is 104 cm³/mol. The molecule has 0 N–H and O–H groups in total. The van der Waals surface area contributed by atoms with Gasteiger partial charge in [0.05, 0.1) is 5.56 Å². The van der Waals surface area contributed by atoms with Crippen LogP contribution >= 0.6 is 0 Å². The van der Waals surface area contributed by atoms with Gasteiger partial charge in [0.2, 0.25) is 0 Å². The summed E-state index contributed by atoms with van der Waals surface area (Å²) in [6.07, 6.45) is 3.93. The first-order chi connectivity index (χ1) is 13.4. The van der Waals surface area contributed by atoms with E-state index in [-0.39, 0.29) is 0 Å². The van der Waals surface area contributed by atoms with Crippen molar-refractivity contribution in [1.82, 2.24) is 14.8 Å². The fraction of sp³-hybridized carbons (Fsp3) is 0.762. The molecule has 4 rings (SSSR count). The third-order valence-electron chi connectivity index (χ3n) is 7.15. The van der Waals surface area contributed by atoms with Gasteiger partial charge in [-0.1, -0.05) is 0 Å². The Morgan fingerprint density at radius 1 is 1.04 bits per heavy atom. The third kappa shape index (κ3) is 4.15. The molecule has 28 heavy (non-hydrogen) atoms. The monoisotopic (exact) mass is 396 g/mol. The van der Waals surface area contributed by atoms with Crippen LogP contribution in [0.3, 0.4) is 0 Å². The number of pyridine rings is 1. The van der Waals surface area contributed by atoms with E-state index in [0.29, 0.717) is 11.4 Å². The number of alkyl halides is 3. The van der Waals surface area contributed by atoms with Gasteiger partial charge >= 0.3 is 6.18 Å². The van der Waals surface area contributed by atoms with Crippen molar-refractivity contribution in [1.29, 1.82) is 0 Å². The summed E-state index contributed by atoms with van der Waals surface area (Å²) < 4.78 is 38.3. The SMILES string of the molecule is CN1CCC(CN2CCCC23CCN(c2ccc(C(F)(F)F)cn2)CC3)CC1. The van der Waals surface area contributed by atoms with Crippen LogP contribution in [0.15, 0.2) is 18.3 Å². The molecule has 3 fully saturated rings. The maximum Gasteiger partial charge on any atom is 0.417 e. The predicted octanol–water partition coefficient (Wildman–Crippen LogP) is 3.88. The zero-order valence-electron chi connectivity index (χ0n) is 16.7. The molecule has 0 saturated carbocycles. The van der Waals surface area contributed by atoms with Gasteiger partial charge in [-0.15, -0.1) is 0 Å². The van der Waals surface area contributed by atoms with E-state index in [2.05, 4.69) is 26.7 Å². The molecule has 3 saturated heterocycles. The second kappa shape index (κ2) is 7.82. The van der Waals surface area contributed by atoms with Gasteiger partial charge in [0, 0.05) is 31.4 Å². The Morgan fingerprint density at radius 2 is 1.75 bits per heavy atom. The molecular weight excluding hydrogens is 365 g/mol. The van der Waals surface area contributed by atoms with E-state index in [1.165, 1.54) is 57.9 Å². The molecule has 1 aromatic heterocycles. The van der Waals surface area contributed by atoms with Crippen molar-refractivity contribution < 1.29 is 13.2 Å². The Labute approximate surface area is 165 Å². The number of rotatable bonds is 3. The molecule has 1 spiro atoms. The number of anilines is 1. The summed E-state index contributed by atoms with van der Waals surface area (Å²) in [5.74, 6) is 1.48. The Bertz CT molecular complexity index is 645. The van der Waals surface area contributed by atoms with Gasteiger partial charge < -0.3 is 9.80 Å². The van der Waals surface area contributed by atoms with Crippen LogP contribution in [-0.2, 0) is 6.18 Å². The van der Waals surface area contributed by atoms with Crippen LogP contribution in [0.4, 0.5) is 19.0 Å². The molecule has 4 nitrogen and oxygen atoms in total. The fourth-order valence-corrected chi connectivity index (χ4v) is 5.29. The highest BCUT2D eigenvalue weighted by Crippen LogP contribution is 2.40. The molecule has 0 amide bonds. The van der Waals surface area contributed by atoms with E-state index in [1.54, 1.807) is 0 Å². The van der Waals surface area contributed by atoms with Crippen molar-refractivity contribution in [3.8, 4) is 0 Å². The highest BCUT2D eigenvalue weighted by molar-refractivity contribution is 5.40. The third-order valence-corrected chi connectivity index (χ3v) is 7.15. The molecule has 0 bridgehead atoms.